The Bertz CT molecular complexity index is 549. The van der Waals surface area contributed by atoms with Crippen molar-refractivity contribution >= 4 is 11.8 Å². The molecule has 23 heavy (non-hydrogen) atoms. The minimum atomic E-state index is 0.0239. The van der Waals surface area contributed by atoms with Crippen molar-refractivity contribution in [3.8, 4) is 5.75 Å². The average molecular weight is 318 g/mol. The Balaban J connectivity index is 1.86. The topological polar surface area (TPSA) is 58.6 Å². The van der Waals surface area contributed by atoms with Crippen molar-refractivity contribution in [3.05, 3.63) is 29.8 Å². The molecular weight excluding hydrogens is 292 g/mol. The fourth-order valence-electron chi connectivity index (χ4n) is 2.82. The van der Waals surface area contributed by atoms with Gasteiger partial charge in [-0.3, -0.25) is 9.59 Å². The fourth-order valence-corrected chi connectivity index (χ4v) is 2.82. The van der Waals surface area contributed by atoms with Crippen LogP contribution in [0.5, 0.6) is 5.75 Å². The fraction of sp³-hybridized carbons (Fsp3) is 0.556. The molecule has 5 heteroatoms. The van der Waals surface area contributed by atoms with Crippen molar-refractivity contribution < 1.29 is 14.3 Å². The van der Waals surface area contributed by atoms with Crippen LogP contribution in [0.25, 0.3) is 0 Å². The number of carbonyl (C=O) groups excluding carboxylic acids is 2. The molecule has 1 saturated heterocycles. The Morgan fingerprint density at radius 1 is 1.30 bits per heavy atom. The van der Waals surface area contributed by atoms with E-state index in [4.69, 9.17) is 4.74 Å². The maximum absolute atomic E-state index is 12.5. The minimum absolute atomic E-state index is 0.0239. The Morgan fingerprint density at radius 3 is 2.61 bits per heavy atom. The van der Waals surface area contributed by atoms with E-state index in [2.05, 4.69) is 5.32 Å². The van der Waals surface area contributed by atoms with Gasteiger partial charge in [0.05, 0.1) is 7.11 Å². The summed E-state index contributed by atoms with van der Waals surface area (Å²) in [4.78, 5) is 26.2. The van der Waals surface area contributed by atoms with Crippen LogP contribution in [0.15, 0.2) is 24.3 Å². The summed E-state index contributed by atoms with van der Waals surface area (Å²) in [7, 11) is 1.59. The standard InChI is InChI=1S/C18H26N2O3/c1-13(2)11-17(21)19-15-7-9-20(10-8-15)18(22)14-5-4-6-16(12-14)23-3/h4-6,12-13,15H,7-11H2,1-3H3,(H,19,21). The van der Waals surface area contributed by atoms with Gasteiger partial charge in [0.15, 0.2) is 0 Å². The summed E-state index contributed by atoms with van der Waals surface area (Å²) >= 11 is 0. The number of nitrogens with zero attached hydrogens (tertiary/aromatic N) is 1. The van der Waals surface area contributed by atoms with E-state index in [1.165, 1.54) is 0 Å². The Hall–Kier alpha value is -2.04. The van der Waals surface area contributed by atoms with Gasteiger partial charge in [-0.25, -0.2) is 0 Å². The van der Waals surface area contributed by atoms with Gasteiger partial charge in [0, 0.05) is 31.1 Å². The van der Waals surface area contributed by atoms with E-state index in [0.717, 1.165) is 12.8 Å². The molecule has 0 unspecified atom stereocenters. The first kappa shape index (κ1) is 17.3. The first-order chi connectivity index (χ1) is 11.0. The first-order valence-electron chi connectivity index (χ1n) is 8.22. The van der Waals surface area contributed by atoms with Crippen LogP contribution in [-0.4, -0.2) is 43.0 Å². The third kappa shape index (κ3) is 4.98. The molecule has 0 bridgehead atoms. The van der Waals surface area contributed by atoms with E-state index >= 15 is 0 Å². The molecule has 1 aromatic rings. The van der Waals surface area contributed by atoms with Gasteiger partial charge in [0.25, 0.3) is 5.91 Å². The molecular formula is C18H26N2O3. The predicted octanol–water partition coefficient (Wildman–Crippen LogP) is 2.46. The van der Waals surface area contributed by atoms with E-state index in [-0.39, 0.29) is 17.9 Å². The van der Waals surface area contributed by atoms with Crippen LogP contribution < -0.4 is 10.1 Å². The molecule has 0 spiro atoms. The van der Waals surface area contributed by atoms with Crippen LogP contribution in [-0.2, 0) is 4.79 Å². The molecule has 1 fully saturated rings. The van der Waals surface area contributed by atoms with Crippen LogP contribution in [0.4, 0.5) is 0 Å². The molecule has 0 radical (unpaired) electrons. The molecule has 1 aliphatic heterocycles. The van der Waals surface area contributed by atoms with Gasteiger partial charge in [0.2, 0.25) is 5.91 Å². The van der Waals surface area contributed by atoms with Crippen LogP contribution in [0.3, 0.4) is 0 Å². The Labute approximate surface area is 138 Å². The molecule has 0 atom stereocenters. The quantitative estimate of drug-likeness (QED) is 0.907. The van der Waals surface area contributed by atoms with Gasteiger partial charge in [-0.15, -0.1) is 0 Å². The number of amides is 2. The number of nitrogens with one attached hydrogen (secondary N) is 1. The lowest BCUT2D eigenvalue weighted by Gasteiger charge is -2.32. The number of benzene rings is 1. The number of piperidine rings is 1. The molecule has 126 valence electrons. The lowest BCUT2D eigenvalue weighted by molar-refractivity contribution is -0.122. The van der Waals surface area contributed by atoms with Crippen molar-refractivity contribution in [1.82, 2.24) is 10.2 Å². The van der Waals surface area contributed by atoms with Crippen molar-refractivity contribution in [2.75, 3.05) is 20.2 Å². The van der Waals surface area contributed by atoms with Crippen LogP contribution in [0.2, 0.25) is 0 Å². The third-order valence-electron chi connectivity index (χ3n) is 4.06. The zero-order valence-corrected chi connectivity index (χ0v) is 14.2. The third-order valence-corrected chi connectivity index (χ3v) is 4.06. The van der Waals surface area contributed by atoms with Crippen molar-refractivity contribution in [2.45, 2.75) is 39.2 Å². The smallest absolute Gasteiger partial charge is 0.253 e. The molecule has 0 saturated carbocycles. The van der Waals surface area contributed by atoms with Crippen LogP contribution >= 0.6 is 0 Å². The number of likely N-dealkylation sites (tertiary alicyclic amines) is 1. The summed E-state index contributed by atoms with van der Waals surface area (Å²) in [6.45, 7) is 5.41. The Kier molecular flexibility index (Phi) is 6.02. The SMILES string of the molecule is COc1cccc(C(=O)N2CCC(NC(=O)CC(C)C)CC2)c1. The lowest BCUT2D eigenvalue weighted by atomic mass is 10.0. The molecule has 1 aliphatic rings. The summed E-state index contributed by atoms with van der Waals surface area (Å²) in [6, 6.07) is 7.40. The molecule has 1 N–H and O–H groups in total. The minimum Gasteiger partial charge on any atom is -0.497 e. The zero-order valence-electron chi connectivity index (χ0n) is 14.2. The normalized spacial score (nSPS) is 15.6. The zero-order chi connectivity index (χ0) is 16.8. The monoisotopic (exact) mass is 318 g/mol. The maximum Gasteiger partial charge on any atom is 0.253 e. The highest BCUT2D eigenvalue weighted by Crippen LogP contribution is 2.18. The second-order valence-electron chi connectivity index (χ2n) is 6.46. The van der Waals surface area contributed by atoms with Crippen molar-refractivity contribution in [3.63, 3.8) is 0 Å². The van der Waals surface area contributed by atoms with Crippen molar-refractivity contribution in [2.24, 2.45) is 5.92 Å². The average Bonchev–Trinajstić information content (AvgIpc) is 2.54. The molecule has 2 rings (SSSR count). The summed E-state index contributed by atoms with van der Waals surface area (Å²) in [5, 5.41) is 3.07. The van der Waals surface area contributed by atoms with Crippen LogP contribution in [0, 0.1) is 5.92 Å². The van der Waals surface area contributed by atoms with Gasteiger partial charge in [-0.2, -0.15) is 0 Å². The molecule has 5 nitrogen and oxygen atoms in total. The number of hydrogen-bond acceptors (Lipinski definition) is 3. The van der Waals surface area contributed by atoms with Gasteiger partial charge in [0.1, 0.15) is 5.75 Å². The molecule has 0 aromatic heterocycles. The summed E-state index contributed by atoms with van der Waals surface area (Å²) in [6.07, 6.45) is 2.17. The molecule has 0 aliphatic carbocycles. The molecule has 1 aromatic carbocycles. The highest BCUT2D eigenvalue weighted by molar-refractivity contribution is 5.94. The summed E-state index contributed by atoms with van der Waals surface area (Å²) < 4.78 is 5.17. The predicted molar refractivity (Wildman–Crippen MR) is 89.5 cm³/mol. The van der Waals surface area contributed by atoms with Gasteiger partial charge in [-0.1, -0.05) is 19.9 Å². The highest BCUT2D eigenvalue weighted by atomic mass is 16.5. The second kappa shape index (κ2) is 7.99. The lowest BCUT2D eigenvalue weighted by Crippen LogP contribution is -2.46. The maximum atomic E-state index is 12.5. The Morgan fingerprint density at radius 2 is 2.00 bits per heavy atom. The van der Waals surface area contributed by atoms with Gasteiger partial charge in [-0.05, 0) is 37.0 Å². The number of carbonyl (C=O) groups is 2. The van der Waals surface area contributed by atoms with Gasteiger partial charge < -0.3 is 15.0 Å². The largest absolute Gasteiger partial charge is 0.497 e. The number of rotatable bonds is 5. The van der Waals surface area contributed by atoms with E-state index in [9.17, 15) is 9.59 Å². The first-order valence-corrected chi connectivity index (χ1v) is 8.22. The summed E-state index contributed by atoms with van der Waals surface area (Å²) in [5.74, 6) is 1.19. The van der Waals surface area contributed by atoms with E-state index in [1.807, 2.05) is 30.9 Å². The van der Waals surface area contributed by atoms with E-state index in [0.29, 0.717) is 36.7 Å². The van der Waals surface area contributed by atoms with E-state index in [1.54, 1.807) is 19.2 Å². The highest BCUT2D eigenvalue weighted by Gasteiger charge is 2.24. The van der Waals surface area contributed by atoms with Crippen LogP contribution in [0.1, 0.15) is 43.5 Å². The number of ether oxygens (including phenoxy) is 1. The second-order valence-corrected chi connectivity index (χ2v) is 6.46. The van der Waals surface area contributed by atoms with Crippen molar-refractivity contribution in [1.29, 1.82) is 0 Å². The molecule has 1 heterocycles. The molecule has 2 amide bonds. The number of methoxy groups -OCH3 is 1. The van der Waals surface area contributed by atoms with Gasteiger partial charge >= 0.3 is 0 Å². The number of hydrogen-bond donors (Lipinski definition) is 1. The summed E-state index contributed by atoms with van der Waals surface area (Å²) in [5.41, 5.74) is 0.645. The van der Waals surface area contributed by atoms with E-state index < -0.39 is 0 Å².